The lowest BCUT2D eigenvalue weighted by atomic mass is 10.2. The molecule has 0 bridgehead atoms. The number of hydrogen-bond donors (Lipinski definition) is 3. The summed E-state index contributed by atoms with van der Waals surface area (Å²) in [5.41, 5.74) is 5.68. The molecule has 0 saturated carbocycles. The van der Waals surface area contributed by atoms with Crippen LogP contribution in [0.25, 0.3) is 0 Å². The largest absolute Gasteiger partial charge is 0.478 e. The van der Waals surface area contributed by atoms with Gasteiger partial charge >= 0.3 is 5.97 Å². The third-order valence-electron chi connectivity index (χ3n) is 1.83. The Balaban J connectivity index is 2.97. The number of carboxylic acid groups (broad SMARTS) is 1. The van der Waals surface area contributed by atoms with E-state index in [0.717, 1.165) is 0 Å². The van der Waals surface area contributed by atoms with Crippen molar-refractivity contribution in [3.8, 4) is 0 Å². The van der Waals surface area contributed by atoms with Gasteiger partial charge in [0.15, 0.2) is 0 Å². The third kappa shape index (κ3) is 3.22. The molecular weight excluding hydrogens is 232 g/mol. The molecule has 6 heteroatoms. The fraction of sp³-hybridized carbons (Fsp3) is 0.200. The van der Waals surface area contributed by atoms with Crippen molar-refractivity contribution in [2.75, 3.05) is 5.32 Å². The maximum Gasteiger partial charge on any atom is 0.335 e. The molecule has 0 aliphatic heterocycles. The Morgan fingerprint density at radius 3 is 2.56 bits per heavy atom. The Morgan fingerprint density at radius 1 is 1.44 bits per heavy atom. The molecule has 0 fully saturated rings. The Kier molecular flexibility index (Phi) is 3.87. The number of aromatic carboxylic acids is 1. The van der Waals surface area contributed by atoms with Crippen molar-refractivity contribution >= 4 is 29.2 Å². The van der Waals surface area contributed by atoms with Crippen LogP contribution in [0.15, 0.2) is 18.2 Å². The molecule has 1 atom stereocenters. The first-order chi connectivity index (χ1) is 7.40. The van der Waals surface area contributed by atoms with Crippen molar-refractivity contribution in [1.29, 1.82) is 0 Å². The van der Waals surface area contributed by atoms with Crippen molar-refractivity contribution in [3.63, 3.8) is 0 Å². The van der Waals surface area contributed by atoms with E-state index in [1.807, 2.05) is 0 Å². The molecule has 1 rings (SSSR count). The first-order valence-corrected chi connectivity index (χ1v) is 4.88. The third-order valence-corrected chi connectivity index (χ3v) is 2.04. The SMILES string of the molecule is C[C@H](N)C(=O)Nc1cc(Cl)cc(C(=O)O)c1. The molecule has 0 saturated heterocycles. The molecule has 0 aromatic heterocycles. The van der Waals surface area contributed by atoms with Crippen molar-refractivity contribution in [1.82, 2.24) is 0 Å². The van der Waals surface area contributed by atoms with Gasteiger partial charge in [-0.2, -0.15) is 0 Å². The number of nitrogens with one attached hydrogen (secondary N) is 1. The zero-order valence-electron chi connectivity index (χ0n) is 8.53. The minimum atomic E-state index is -1.11. The summed E-state index contributed by atoms with van der Waals surface area (Å²) in [6, 6.07) is 3.39. The second-order valence-corrected chi connectivity index (χ2v) is 3.75. The molecule has 86 valence electrons. The van der Waals surface area contributed by atoms with Crippen LogP contribution in [0.5, 0.6) is 0 Å². The zero-order chi connectivity index (χ0) is 12.3. The maximum absolute atomic E-state index is 11.3. The van der Waals surface area contributed by atoms with E-state index in [-0.39, 0.29) is 10.6 Å². The number of rotatable bonds is 3. The molecule has 1 amide bonds. The maximum atomic E-state index is 11.3. The molecule has 0 radical (unpaired) electrons. The summed E-state index contributed by atoms with van der Waals surface area (Å²) in [5, 5.41) is 11.5. The quantitative estimate of drug-likeness (QED) is 0.745. The first kappa shape index (κ1) is 12.5. The predicted molar refractivity (Wildman–Crippen MR) is 60.7 cm³/mol. The Morgan fingerprint density at radius 2 is 2.06 bits per heavy atom. The molecule has 0 heterocycles. The summed E-state index contributed by atoms with van der Waals surface area (Å²) in [4.78, 5) is 22.0. The van der Waals surface area contributed by atoms with Gasteiger partial charge in [-0.15, -0.1) is 0 Å². The number of nitrogens with two attached hydrogens (primary N) is 1. The van der Waals surface area contributed by atoms with Crippen LogP contribution in [0.2, 0.25) is 5.02 Å². The summed E-state index contributed by atoms with van der Waals surface area (Å²) in [7, 11) is 0. The van der Waals surface area contributed by atoms with E-state index in [4.69, 9.17) is 22.4 Å². The topological polar surface area (TPSA) is 92.4 Å². The molecule has 0 unspecified atom stereocenters. The van der Waals surface area contributed by atoms with Crippen LogP contribution < -0.4 is 11.1 Å². The molecule has 1 aromatic rings. The lowest BCUT2D eigenvalue weighted by Crippen LogP contribution is -2.32. The number of carboxylic acids is 1. The molecule has 5 nitrogen and oxygen atoms in total. The Bertz CT molecular complexity index is 432. The molecule has 16 heavy (non-hydrogen) atoms. The number of anilines is 1. The number of benzene rings is 1. The average Bonchev–Trinajstić information content (AvgIpc) is 2.16. The number of carbonyl (C=O) groups is 2. The normalized spacial score (nSPS) is 11.9. The van der Waals surface area contributed by atoms with Crippen LogP contribution in [-0.2, 0) is 4.79 Å². The van der Waals surface area contributed by atoms with E-state index in [9.17, 15) is 9.59 Å². The van der Waals surface area contributed by atoms with Gasteiger partial charge in [-0.1, -0.05) is 11.6 Å². The second-order valence-electron chi connectivity index (χ2n) is 3.31. The van der Waals surface area contributed by atoms with Gasteiger partial charge < -0.3 is 16.2 Å². The highest BCUT2D eigenvalue weighted by molar-refractivity contribution is 6.31. The van der Waals surface area contributed by atoms with Gasteiger partial charge in [-0.05, 0) is 25.1 Å². The molecule has 4 N–H and O–H groups in total. The van der Waals surface area contributed by atoms with Crippen molar-refractivity contribution < 1.29 is 14.7 Å². The fourth-order valence-corrected chi connectivity index (χ4v) is 1.28. The van der Waals surface area contributed by atoms with Gasteiger partial charge in [-0.3, -0.25) is 4.79 Å². The number of halogens is 1. The Labute approximate surface area is 97.2 Å². The lowest BCUT2D eigenvalue weighted by molar-refractivity contribution is -0.117. The zero-order valence-corrected chi connectivity index (χ0v) is 9.28. The molecule has 0 aliphatic rings. The lowest BCUT2D eigenvalue weighted by Gasteiger charge is -2.08. The summed E-state index contributed by atoms with van der Waals surface area (Å²) in [5.74, 6) is -1.52. The monoisotopic (exact) mass is 242 g/mol. The first-order valence-electron chi connectivity index (χ1n) is 4.50. The molecule has 0 aliphatic carbocycles. The van der Waals surface area contributed by atoms with Crippen LogP contribution in [0.4, 0.5) is 5.69 Å². The molecular formula is C10H11ClN2O3. The average molecular weight is 243 g/mol. The predicted octanol–water partition coefficient (Wildman–Crippen LogP) is 1.32. The number of carbonyl (C=O) groups excluding carboxylic acids is 1. The number of hydrogen-bond acceptors (Lipinski definition) is 3. The minimum Gasteiger partial charge on any atom is -0.478 e. The van der Waals surface area contributed by atoms with E-state index in [1.54, 1.807) is 0 Å². The Hall–Kier alpha value is -1.59. The highest BCUT2D eigenvalue weighted by Gasteiger charge is 2.10. The highest BCUT2D eigenvalue weighted by atomic mass is 35.5. The number of amides is 1. The summed E-state index contributed by atoms with van der Waals surface area (Å²) < 4.78 is 0. The molecule has 0 spiro atoms. The van der Waals surface area contributed by atoms with Gasteiger partial charge in [0.2, 0.25) is 5.91 Å². The summed E-state index contributed by atoms with van der Waals surface area (Å²) in [6.07, 6.45) is 0. The van der Waals surface area contributed by atoms with Crippen molar-refractivity contribution in [3.05, 3.63) is 28.8 Å². The van der Waals surface area contributed by atoms with Gasteiger partial charge in [0, 0.05) is 10.7 Å². The molecule has 1 aromatic carbocycles. The fourth-order valence-electron chi connectivity index (χ4n) is 1.04. The van der Waals surface area contributed by atoms with E-state index in [1.165, 1.54) is 25.1 Å². The van der Waals surface area contributed by atoms with Gasteiger partial charge in [-0.25, -0.2) is 4.79 Å². The van der Waals surface area contributed by atoms with E-state index >= 15 is 0 Å². The highest BCUT2D eigenvalue weighted by Crippen LogP contribution is 2.19. The smallest absolute Gasteiger partial charge is 0.335 e. The van der Waals surface area contributed by atoms with Gasteiger partial charge in [0.05, 0.1) is 11.6 Å². The van der Waals surface area contributed by atoms with Crippen LogP contribution in [0.3, 0.4) is 0 Å². The minimum absolute atomic E-state index is 0.00692. The standard InChI is InChI=1S/C10H11ClN2O3/c1-5(12)9(14)13-8-3-6(10(15)16)2-7(11)4-8/h2-5H,12H2,1H3,(H,13,14)(H,15,16)/t5-/m0/s1. The van der Waals surface area contributed by atoms with Crippen molar-refractivity contribution in [2.45, 2.75) is 13.0 Å². The van der Waals surface area contributed by atoms with Crippen LogP contribution in [0, 0.1) is 0 Å². The van der Waals surface area contributed by atoms with E-state index < -0.39 is 17.9 Å². The van der Waals surface area contributed by atoms with Crippen LogP contribution in [0.1, 0.15) is 17.3 Å². The summed E-state index contributed by atoms with van der Waals surface area (Å²) >= 11 is 5.71. The van der Waals surface area contributed by atoms with Gasteiger partial charge in [0.1, 0.15) is 0 Å². The van der Waals surface area contributed by atoms with Gasteiger partial charge in [0.25, 0.3) is 0 Å². The van der Waals surface area contributed by atoms with Crippen LogP contribution >= 0.6 is 11.6 Å². The van der Waals surface area contributed by atoms with Crippen LogP contribution in [-0.4, -0.2) is 23.0 Å². The van der Waals surface area contributed by atoms with E-state index in [2.05, 4.69) is 5.32 Å². The second kappa shape index (κ2) is 4.96. The summed E-state index contributed by atoms with van der Waals surface area (Å²) in [6.45, 7) is 1.53. The van der Waals surface area contributed by atoms with Crippen molar-refractivity contribution in [2.24, 2.45) is 5.73 Å². The van der Waals surface area contributed by atoms with E-state index in [0.29, 0.717) is 5.69 Å².